The minimum atomic E-state index is -1.87. The van der Waals surface area contributed by atoms with E-state index in [-0.39, 0.29) is 0 Å². The van der Waals surface area contributed by atoms with Gasteiger partial charge in [0.25, 0.3) is 0 Å². The molecule has 0 radical (unpaired) electrons. The van der Waals surface area contributed by atoms with Crippen LogP contribution in [0.2, 0.25) is 0 Å². The number of rotatable bonds is 9. The summed E-state index contributed by atoms with van der Waals surface area (Å²) in [6.07, 6.45) is -21.1. The van der Waals surface area contributed by atoms with Gasteiger partial charge in [0.15, 0.2) is 18.9 Å². The van der Waals surface area contributed by atoms with Crippen molar-refractivity contribution >= 4 is 11.8 Å². The number of aliphatic hydroxyl groups is 9. The van der Waals surface area contributed by atoms with E-state index >= 15 is 0 Å². The molecule has 0 bridgehead atoms. The van der Waals surface area contributed by atoms with Crippen LogP contribution in [0, 0.1) is 0 Å². The first-order valence-corrected chi connectivity index (χ1v) is 12.6. The summed E-state index contributed by atoms with van der Waals surface area (Å²) in [6.45, 7) is 0.159. The molecule has 0 saturated carbocycles. The molecule has 15 atom stereocenters. The van der Waals surface area contributed by atoms with E-state index in [0.29, 0.717) is 0 Å². The lowest BCUT2D eigenvalue weighted by atomic mass is 9.95. The van der Waals surface area contributed by atoms with Gasteiger partial charge in [0.05, 0.1) is 19.8 Å². The van der Waals surface area contributed by atoms with E-state index < -0.39 is 124 Å². The van der Waals surface area contributed by atoms with Crippen LogP contribution in [0.25, 0.3) is 0 Å². The Morgan fingerprint density at radius 3 is 1.73 bits per heavy atom. The molecule has 3 heterocycles. The van der Waals surface area contributed by atoms with Crippen molar-refractivity contribution in [3.63, 3.8) is 0 Å². The van der Waals surface area contributed by atoms with Gasteiger partial charge in [-0.25, -0.2) is 0 Å². The molecule has 3 saturated heterocycles. The fraction of sp³-hybridized carbons (Fsp3) is 0.909. The molecule has 18 nitrogen and oxygen atoms in total. The normalized spacial score (nSPS) is 46.0. The van der Waals surface area contributed by atoms with Crippen LogP contribution < -0.4 is 10.6 Å². The van der Waals surface area contributed by atoms with E-state index in [4.69, 9.17) is 23.7 Å². The highest BCUT2D eigenvalue weighted by molar-refractivity contribution is 5.73. The second kappa shape index (κ2) is 14.0. The summed E-state index contributed by atoms with van der Waals surface area (Å²) >= 11 is 0. The van der Waals surface area contributed by atoms with Crippen molar-refractivity contribution in [2.24, 2.45) is 0 Å². The maximum absolute atomic E-state index is 11.7. The topological polar surface area (TPSA) is 286 Å². The summed E-state index contributed by atoms with van der Waals surface area (Å²) in [5.41, 5.74) is 0. The second-order valence-corrected chi connectivity index (χ2v) is 9.85. The predicted octanol–water partition coefficient (Wildman–Crippen LogP) is -7.29. The quantitative estimate of drug-likeness (QED) is 0.120. The van der Waals surface area contributed by atoms with E-state index in [1.54, 1.807) is 0 Å². The molecule has 11 N–H and O–H groups in total. The molecular formula is C22H38N2O16. The highest BCUT2D eigenvalue weighted by Crippen LogP contribution is 2.30. The first-order chi connectivity index (χ1) is 18.8. The molecule has 18 heteroatoms. The lowest BCUT2D eigenvalue weighted by Gasteiger charge is -2.47. The van der Waals surface area contributed by atoms with Crippen molar-refractivity contribution in [2.45, 2.75) is 106 Å². The van der Waals surface area contributed by atoms with Crippen LogP contribution in [-0.4, -0.2) is 170 Å². The summed E-state index contributed by atoms with van der Waals surface area (Å²) in [5.74, 6) is -1.26. The van der Waals surface area contributed by atoms with E-state index in [1.165, 1.54) is 0 Å². The van der Waals surface area contributed by atoms with Gasteiger partial charge in [-0.2, -0.15) is 0 Å². The first kappa shape index (κ1) is 32.9. The van der Waals surface area contributed by atoms with Crippen LogP contribution in [0.3, 0.4) is 0 Å². The zero-order valence-electron chi connectivity index (χ0n) is 21.7. The third-order valence-corrected chi connectivity index (χ3v) is 6.88. The van der Waals surface area contributed by atoms with Gasteiger partial charge in [-0.15, -0.1) is 0 Å². The van der Waals surface area contributed by atoms with Gasteiger partial charge in [-0.05, 0) is 0 Å². The minimum absolute atomic E-state index is 0.606. The summed E-state index contributed by atoms with van der Waals surface area (Å²) in [6, 6.07) is -2.77. The first-order valence-electron chi connectivity index (χ1n) is 12.6. The van der Waals surface area contributed by atoms with Gasteiger partial charge < -0.3 is 80.3 Å². The average Bonchev–Trinajstić information content (AvgIpc) is 2.90. The van der Waals surface area contributed by atoms with Crippen molar-refractivity contribution in [1.82, 2.24) is 10.6 Å². The highest BCUT2D eigenvalue weighted by Gasteiger charge is 2.52. The van der Waals surface area contributed by atoms with Gasteiger partial charge in [0, 0.05) is 13.8 Å². The Hall–Kier alpha value is -1.62. The Kier molecular flexibility index (Phi) is 11.5. The van der Waals surface area contributed by atoms with Gasteiger partial charge in [0.1, 0.15) is 73.1 Å². The molecule has 0 aromatic heterocycles. The predicted molar refractivity (Wildman–Crippen MR) is 124 cm³/mol. The second-order valence-electron chi connectivity index (χ2n) is 9.85. The van der Waals surface area contributed by atoms with E-state index in [9.17, 15) is 55.5 Å². The Labute approximate surface area is 228 Å². The minimum Gasteiger partial charge on any atom is -0.394 e. The lowest BCUT2D eigenvalue weighted by Crippen LogP contribution is -2.68. The monoisotopic (exact) mass is 586 g/mol. The van der Waals surface area contributed by atoms with Crippen LogP contribution >= 0.6 is 0 Å². The summed E-state index contributed by atoms with van der Waals surface area (Å²) in [7, 11) is 0. The van der Waals surface area contributed by atoms with Crippen LogP contribution in [-0.2, 0) is 33.3 Å². The van der Waals surface area contributed by atoms with Crippen molar-refractivity contribution in [3.8, 4) is 0 Å². The number of carbonyl (C=O) groups excluding carboxylic acids is 2. The molecule has 3 aliphatic rings. The fourth-order valence-electron chi connectivity index (χ4n) is 4.76. The van der Waals surface area contributed by atoms with E-state index in [0.717, 1.165) is 13.8 Å². The van der Waals surface area contributed by atoms with Crippen molar-refractivity contribution < 1.29 is 79.2 Å². The summed E-state index contributed by atoms with van der Waals surface area (Å²) < 4.78 is 27.6. The van der Waals surface area contributed by atoms with Crippen molar-refractivity contribution in [1.29, 1.82) is 0 Å². The zero-order valence-corrected chi connectivity index (χ0v) is 21.7. The standard InChI is InChI=1S/C22H38N2O16/c1-6(27)23-11-16(32)19(40-22-18(34)17(33)14(30)9(4-26)39-22)10(37-20(11)35)5-36-21-12(24-7(2)28)15(31)13(29)8(3-25)38-21/h8-22,25-26,29-35H,3-5H2,1-2H3,(H,23,27)(H,24,28)/t8-,9-,10-,11-,12-,13-,14+,15-,16-,17+,18-,19-,20-,21-,22+/m1/s1. The molecule has 3 rings (SSSR count). The number of amides is 2. The maximum atomic E-state index is 11.7. The Morgan fingerprint density at radius 1 is 0.650 bits per heavy atom. The molecule has 3 fully saturated rings. The van der Waals surface area contributed by atoms with E-state index in [1.807, 2.05) is 0 Å². The smallest absolute Gasteiger partial charge is 0.217 e. The largest absolute Gasteiger partial charge is 0.394 e. The van der Waals surface area contributed by atoms with Crippen molar-refractivity contribution in [3.05, 3.63) is 0 Å². The third-order valence-electron chi connectivity index (χ3n) is 6.88. The molecule has 0 spiro atoms. The van der Waals surface area contributed by atoms with Gasteiger partial charge in [-0.3, -0.25) is 9.59 Å². The van der Waals surface area contributed by atoms with Crippen LogP contribution in [0.5, 0.6) is 0 Å². The highest BCUT2D eigenvalue weighted by atomic mass is 16.7. The van der Waals surface area contributed by atoms with Gasteiger partial charge in [0.2, 0.25) is 11.8 Å². The molecule has 0 aromatic rings. The van der Waals surface area contributed by atoms with Crippen LogP contribution in [0.15, 0.2) is 0 Å². The van der Waals surface area contributed by atoms with Gasteiger partial charge >= 0.3 is 0 Å². The van der Waals surface area contributed by atoms with E-state index in [2.05, 4.69) is 10.6 Å². The lowest BCUT2D eigenvalue weighted by molar-refractivity contribution is -0.350. The number of ether oxygens (including phenoxy) is 5. The molecular weight excluding hydrogens is 548 g/mol. The Bertz CT molecular complexity index is 852. The number of carbonyl (C=O) groups is 2. The fourth-order valence-corrected chi connectivity index (χ4v) is 4.76. The Morgan fingerprint density at radius 2 is 1.18 bits per heavy atom. The molecule has 3 aliphatic heterocycles. The summed E-state index contributed by atoms with van der Waals surface area (Å²) in [5, 5.41) is 96.3. The summed E-state index contributed by atoms with van der Waals surface area (Å²) in [4.78, 5) is 23.3. The number of aliphatic hydroxyl groups excluding tert-OH is 9. The van der Waals surface area contributed by atoms with Crippen LogP contribution in [0.4, 0.5) is 0 Å². The molecule has 0 aromatic carbocycles. The number of hydrogen-bond acceptors (Lipinski definition) is 16. The number of hydrogen-bond donors (Lipinski definition) is 11. The molecule has 0 unspecified atom stereocenters. The zero-order chi connectivity index (χ0) is 29.9. The number of nitrogens with one attached hydrogen (secondary N) is 2. The maximum Gasteiger partial charge on any atom is 0.217 e. The average molecular weight is 587 g/mol. The molecule has 232 valence electrons. The SMILES string of the molecule is CC(=O)N[C@@H]1[C@@H](O)[C@H](O[C@@H]2O[C@H](CO)[C@H](O)[C@H](O)[C@H]2O)[C@@H](CO[C@@H]2O[C@H](CO)[C@@H](O)[C@H](O)[C@H]2NC(C)=O)O[C@H]1O. The van der Waals surface area contributed by atoms with Crippen molar-refractivity contribution in [2.75, 3.05) is 19.8 Å². The molecule has 2 amide bonds. The molecule has 40 heavy (non-hydrogen) atoms. The van der Waals surface area contributed by atoms with Gasteiger partial charge in [-0.1, -0.05) is 0 Å². The Balaban J connectivity index is 1.83. The van der Waals surface area contributed by atoms with Crippen LogP contribution in [0.1, 0.15) is 13.8 Å². The third kappa shape index (κ3) is 7.23. The molecule has 0 aliphatic carbocycles.